The zero-order chi connectivity index (χ0) is 13.0. The first-order valence-corrected chi connectivity index (χ1v) is 6.29. The maximum absolute atomic E-state index is 10.4. The minimum atomic E-state index is -0.954. The monoisotopic (exact) mass is 249 g/mol. The lowest BCUT2D eigenvalue weighted by molar-refractivity contribution is -0.139. The summed E-state index contributed by atoms with van der Waals surface area (Å²) in [6.07, 6.45) is 1.28. The van der Waals surface area contributed by atoms with Gasteiger partial charge >= 0.3 is 5.97 Å². The van der Waals surface area contributed by atoms with E-state index in [1.165, 1.54) is 18.5 Å². The van der Waals surface area contributed by atoms with Crippen molar-refractivity contribution in [3.8, 4) is 5.75 Å². The molecule has 1 heterocycles. The Labute approximate surface area is 107 Å². The number of aliphatic carboxylic acids is 1. The predicted octanol–water partition coefficient (Wildman–Crippen LogP) is 1.99. The van der Waals surface area contributed by atoms with Crippen LogP contribution in [0.1, 0.15) is 18.9 Å². The molecule has 1 aromatic rings. The van der Waals surface area contributed by atoms with Crippen molar-refractivity contribution in [3.63, 3.8) is 0 Å². The second kappa shape index (κ2) is 5.87. The number of benzene rings is 1. The van der Waals surface area contributed by atoms with Crippen molar-refractivity contribution in [3.05, 3.63) is 29.8 Å². The van der Waals surface area contributed by atoms with E-state index in [0.29, 0.717) is 5.75 Å². The van der Waals surface area contributed by atoms with Gasteiger partial charge in [-0.05, 0) is 36.6 Å². The van der Waals surface area contributed by atoms with Crippen LogP contribution in [0.5, 0.6) is 5.75 Å². The minimum Gasteiger partial charge on any atom is -0.482 e. The maximum atomic E-state index is 10.4. The Kier molecular flexibility index (Phi) is 4.20. The largest absolute Gasteiger partial charge is 0.482 e. The van der Waals surface area contributed by atoms with E-state index in [2.05, 4.69) is 11.8 Å². The standard InChI is InChI=1S/C14H19NO3/c1-11-6-7-15(8-11)9-12-2-4-13(5-3-12)18-10-14(16)17/h2-5,11H,6-10H2,1H3,(H,16,17). The third-order valence-electron chi connectivity index (χ3n) is 3.20. The third-order valence-corrected chi connectivity index (χ3v) is 3.20. The normalized spacial score (nSPS) is 19.9. The highest BCUT2D eigenvalue weighted by Crippen LogP contribution is 2.19. The quantitative estimate of drug-likeness (QED) is 0.867. The van der Waals surface area contributed by atoms with Crippen molar-refractivity contribution < 1.29 is 14.6 Å². The number of hydrogen-bond donors (Lipinski definition) is 1. The van der Waals surface area contributed by atoms with Gasteiger partial charge in [-0.2, -0.15) is 0 Å². The summed E-state index contributed by atoms with van der Waals surface area (Å²) < 4.78 is 5.10. The SMILES string of the molecule is CC1CCN(Cc2ccc(OCC(=O)O)cc2)C1. The summed E-state index contributed by atoms with van der Waals surface area (Å²) in [5.74, 6) is 0.448. The van der Waals surface area contributed by atoms with Crippen molar-refractivity contribution >= 4 is 5.97 Å². The van der Waals surface area contributed by atoms with Gasteiger partial charge in [-0.15, -0.1) is 0 Å². The molecule has 1 aromatic carbocycles. The molecular formula is C14H19NO3. The molecule has 1 fully saturated rings. The van der Waals surface area contributed by atoms with E-state index in [4.69, 9.17) is 9.84 Å². The Morgan fingerprint density at radius 1 is 1.44 bits per heavy atom. The molecule has 1 unspecified atom stereocenters. The lowest BCUT2D eigenvalue weighted by atomic mass is 10.2. The maximum Gasteiger partial charge on any atom is 0.341 e. The number of nitrogens with zero attached hydrogens (tertiary/aromatic N) is 1. The molecule has 4 nitrogen and oxygen atoms in total. The second-order valence-corrected chi connectivity index (χ2v) is 4.96. The molecule has 1 aliphatic heterocycles. The molecule has 0 bridgehead atoms. The lowest BCUT2D eigenvalue weighted by Gasteiger charge is -2.15. The fraction of sp³-hybridized carbons (Fsp3) is 0.500. The van der Waals surface area contributed by atoms with Gasteiger partial charge in [-0.3, -0.25) is 4.90 Å². The van der Waals surface area contributed by atoms with Gasteiger partial charge in [0, 0.05) is 13.1 Å². The number of hydrogen-bond acceptors (Lipinski definition) is 3. The molecule has 0 amide bonds. The predicted molar refractivity (Wildman–Crippen MR) is 68.6 cm³/mol. The van der Waals surface area contributed by atoms with E-state index < -0.39 is 5.97 Å². The van der Waals surface area contributed by atoms with E-state index in [9.17, 15) is 4.79 Å². The van der Waals surface area contributed by atoms with Crippen LogP contribution in [0, 0.1) is 5.92 Å². The number of likely N-dealkylation sites (tertiary alicyclic amines) is 1. The molecule has 18 heavy (non-hydrogen) atoms. The van der Waals surface area contributed by atoms with Crippen molar-refractivity contribution in [2.45, 2.75) is 19.9 Å². The van der Waals surface area contributed by atoms with Gasteiger partial charge in [0.2, 0.25) is 0 Å². The van der Waals surface area contributed by atoms with E-state index in [0.717, 1.165) is 19.0 Å². The van der Waals surface area contributed by atoms with Crippen LogP contribution >= 0.6 is 0 Å². The smallest absolute Gasteiger partial charge is 0.341 e. The highest BCUT2D eigenvalue weighted by Gasteiger charge is 2.18. The Morgan fingerprint density at radius 2 is 2.17 bits per heavy atom. The van der Waals surface area contributed by atoms with Crippen molar-refractivity contribution in [1.82, 2.24) is 4.90 Å². The van der Waals surface area contributed by atoms with Crippen molar-refractivity contribution in [2.75, 3.05) is 19.7 Å². The van der Waals surface area contributed by atoms with Crippen LogP contribution in [0.4, 0.5) is 0 Å². The van der Waals surface area contributed by atoms with Crippen LogP contribution in [0.15, 0.2) is 24.3 Å². The molecule has 1 aliphatic rings. The van der Waals surface area contributed by atoms with Gasteiger partial charge in [-0.25, -0.2) is 4.79 Å². The van der Waals surface area contributed by atoms with Gasteiger partial charge in [-0.1, -0.05) is 19.1 Å². The summed E-state index contributed by atoms with van der Waals surface area (Å²) in [6, 6.07) is 7.66. The molecule has 1 N–H and O–H groups in total. The summed E-state index contributed by atoms with van der Waals surface area (Å²) in [5.41, 5.74) is 1.24. The molecular weight excluding hydrogens is 230 g/mol. The highest BCUT2D eigenvalue weighted by molar-refractivity contribution is 5.68. The summed E-state index contributed by atoms with van der Waals surface area (Å²) in [6.45, 7) is 5.28. The number of carboxylic acids is 1. The number of rotatable bonds is 5. The molecule has 4 heteroatoms. The average molecular weight is 249 g/mol. The summed E-state index contributed by atoms with van der Waals surface area (Å²) in [7, 11) is 0. The molecule has 0 aliphatic carbocycles. The minimum absolute atomic E-state index is 0.289. The summed E-state index contributed by atoms with van der Waals surface area (Å²) in [4.78, 5) is 12.8. The van der Waals surface area contributed by atoms with Gasteiger partial charge < -0.3 is 9.84 Å². The lowest BCUT2D eigenvalue weighted by Crippen LogP contribution is -2.19. The van der Waals surface area contributed by atoms with Gasteiger partial charge in [0.1, 0.15) is 5.75 Å². The summed E-state index contributed by atoms with van der Waals surface area (Å²) >= 11 is 0. The highest BCUT2D eigenvalue weighted by atomic mass is 16.5. The third kappa shape index (κ3) is 3.74. The molecule has 0 saturated carbocycles. The van der Waals surface area contributed by atoms with E-state index in [1.807, 2.05) is 24.3 Å². The Bertz CT molecular complexity index is 402. The Balaban J connectivity index is 1.85. The van der Waals surface area contributed by atoms with E-state index in [1.54, 1.807) is 0 Å². The van der Waals surface area contributed by atoms with Crippen LogP contribution < -0.4 is 4.74 Å². The first-order valence-electron chi connectivity index (χ1n) is 6.29. The molecule has 2 rings (SSSR count). The fourth-order valence-corrected chi connectivity index (χ4v) is 2.26. The first kappa shape index (κ1) is 12.9. The summed E-state index contributed by atoms with van der Waals surface area (Å²) in [5, 5.41) is 8.51. The molecule has 0 radical (unpaired) electrons. The van der Waals surface area contributed by atoms with Crippen LogP contribution in [0.3, 0.4) is 0 Å². The topological polar surface area (TPSA) is 49.8 Å². The van der Waals surface area contributed by atoms with Gasteiger partial charge in [0.15, 0.2) is 6.61 Å². The van der Waals surface area contributed by atoms with Crippen LogP contribution in [0.25, 0.3) is 0 Å². The molecule has 0 aromatic heterocycles. The molecule has 1 atom stereocenters. The number of carbonyl (C=O) groups is 1. The molecule has 0 spiro atoms. The molecule has 98 valence electrons. The average Bonchev–Trinajstić information content (AvgIpc) is 2.74. The van der Waals surface area contributed by atoms with Gasteiger partial charge in [0.25, 0.3) is 0 Å². The van der Waals surface area contributed by atoms with Crippen molar-refractivity contribution in [1.29, 1.82) is 0 Å². The first-order chi connectivity index (χ1) is 8.63. The number of ether oxygens (including phenoxy) is 1. The second-order valence-electron chi connectivity index (χ2n) is 4.96. The van der Waals surface area contributed by atoms with Crippen molar-refractivity contribution in [2.24, 2.45) is 5.92 Å². The zero-order valence-electron chi connectivity index (χ0n) is 10.6. The fourth-order valence-electron chi connectivity index (χ4n) is 2.26. The zero-order valence-corrected chi connectivity index (χ0v) is 10.6. The van der Waals surface area contributed by atoms with Crippen LogP contribution in [-0.2, 0) is 11.3 Å². The molecule has 1 saturated heterocycles. The van der Waals surface area contributed by atoms with Crippen LogP contribution in [-0.4, -0.2) is 35.7 Å². The number of carboxylic acid groups (broad SMARTS) is 1. The van der Waals surface area contributed by atoms with E-state index in [-0.39, 0.29) is 6.61 Å². The Morgan fingerprint density at radius 3 is 2.72 bits per heavy atom. The van der Waals surface area contributed by atoms with Gasteiger partial charge in [0.05, 0.1) is 0 Å². The van der Waals surface area contributed by atoms with Crippen LogP contribution in [0.2, 0.25) is 0 Å². The van der Waals surface area contributed by atoms with E-state index >= 15 is 0 Å². The Hall–Kier alpha value is -1.55.